The molecule has 6 heteroatoms. The number of hydrogen-bond donors (Lipinski definition) is 3. The van der Waals surface area contributed by atoms with Crippen molar-refractivity contribution >= 4 is 28.1 Å². The van der Waals surface area contributed by atoms with Gasteiger partial charge in [-0.2, -0.15) is 0 Å². The first-order valence-corrected chi connectivity index (χ1v) is 11.5. The van der Waals surface area contributed by atoms with Gasteiger partial charge in [0, 0.05) is 57.2 Å². The molecule has 2 aliphatic rings. The lowest BCUT2D eigenvalue weighted by Crippen LogP contribution is -2.46. The van der Waals surface area contributed by atoms with Crippen molar-refractivity contribution < 1.29 is 0 Å². The molecule has 0 radical (unpaired) electrons. The largest absolute Gasteiger partial charge is 0.370 e. The summed E-state index contributed by atoms with van der Waals surface area (Å²) in [5, 5.41) is 11.1. The Hall–Kier alpha value is -3.18. The zero-order valence-electron chi connectivity index (χ0n) is 18.1. The fourth-order valence-electron chi connectivity index (χ4n) is 4.65. The van der Waals surface area contributed by atoms with Crippen LogP contribution in [0.15, 0.2) is 78.2 Å². The molecule has 0 aliphatic carbocycles. The van der Waals surface area contributed by atoms with Crippen LogP contribution in [-0.4, -0.2) is 35.6 Å². The van der Waals surface area contributed by atoms with E-state index in [9.17, 15) is 0 Å². The van der Waals surface area contributed by atoms with Gasteiger partial charge < -0.3 is 20.5 Å². The van der Waals surface area contributed by atoms with Gasteiger partial charge in [0.15, 0.2) is 0 Å². The van der Waals surface area contributed by atoms with Crippen molar-refractivity contribution in [2.24, 2.45) is 4.99 Å². The number of aromatic nitrogens is 1. The number of nitrogens with one attached hydrogen (secondary N) is 3. The molecule has 0 saturated carbocycles. The third-order valence-corrected chi connectivity index (χ3v) is 6.53. The van der Waals surface area contributed by atoms with E-state index in [4.69, 9.17) is 11.6 Å². The lowest BCUT2D eigenvalue weighted by Gasteiger charge is -2.37. The first-order chi connectivity index (χ1) is 15.6. The number of aromatic amines is 1. The van der Waals surface area contributed by atoms with Gasteiger partial charge >= 0.3 is 0 Å². The molecule has 1 aromatic heterocycles. The quantitative estimate of drug-likeness (QED) is 0.522. The molecule has 164 valence electrons. The second kappa shape index (κ2) is 8.75. The summed E-state index contributed by atoms with van der Waals surface area (Å²) < 4.78 is 0. The van der Waals surface area contributed by atoms with Crippen LogP contribution in [0.5, 0.6) is 0 Å². The topological polar surface area (TPSA) is 55.5 Å². The second-order valence-corrected chi connectivity index (χ2v) is 8.98. The van der Waals surface area contributed by atoms with Crippen molar-refractivity contribution in [1.82, 2.24) is 20.5 Å². The van der Waals surface area contributed by atoms with Gasteiger partial charge in [-0.15, -0.1) is 0 Å². The van der Waals surface area contributed by atoms with E-state index in [0.29, 0.717) is 12.6 Å². The summed E-state index contributed by atoms with van der Waals surface area (Å²) in [6.45, 7) is 12.0. The molecular formula is C26H28ClN5. The Bertz CT molecular complexity index is 1310. The molecule has 3 N–H and O–H groups in total. The Kier molecular flexibility index (Phi) is 5.66. The van der Waals surface area contributed by atoms with E-state index in [1.54, 1.807) is 0 Å². The Balaban J connectivity index is 1.18. The Morgan fingerprint density at radius 1 is 1.19 bits per heavy atom. The number of likely N-dealkylation sites (tertiary alicyclic amines) is 1. The van der Waals surface area contributed by atoms with E-state index in [1.165, 1.54) is 10.8 Å². The van der Waals surface area contributed by atoms with Crippen molar-refractivity contribution in [3.63, 3.8) is 0 Å². The zero-order valence-corrected chi connectivity index (χ0v) is 18.9. The standard InChI is InChI=1S/C26H28ClN5/c1-17(24-15-29-26-8-4-3-7-23(24)26)32-11-5-6-21(16-32)30-18(2)28-14-22-13-19-12-20(27)9-10-25(19)31-22/h3-4,7-10,12-13,21,28,30-31H,1-2,5-6,11,14-16H2. The number of piperidine rings is 1. The van der Waals surface area contributed by atoms with Gasteiger partial charge in [-0.25, -0.2) is 0 Å². The maximum absolute atomic E-state index is 6.09. The number of hydrogen-bond acceptors (Lipinski definition) is 4. The summed E-state index contributed by atoms with van der Waals surface area (Å²) in [6.07, 6.45) is 2.24. The van der Waals surface area contributed by atoms with E-state index >= 15 is 0 Å². The molecule has 1 unspecified atom stereocenters. The van der Waals surface area contributed by atoms with Crippen LogP contribution < -0.4 is 21.2 Å². The number of para-hydroxylation sites is 1. The lowest BCUT2D eigenvalue weighted by atomic mass is 10.0. The fraction of sp³-hybridized carbons (Fsp3) is 0.269. The normalized spacial score (nSPS) is 17.7. The van der Waals surface area contributed by atoms with Crippen LogP contribution in [0.25, 0.3) is 16.5 Å². The monoisotopic (exact) mass is 445 g/mol. The smallest absolute Gasteiger partial charge is 0.0918 e. The van der Waals surface area contributed by atoms with Gasteiger partial charge in [-0.3, -0.25) is 4.99 Å². The van der Waals surface area contributed by atoms with Crippen molar-refractivity contribution in [1.29, 1.82) is 0 Å². The van der Waals surface area contributed by atoms with Crippen molar-refractivity contribution in [3.05, 3.63) is 94.5 Å². The highest BCUT2D eigenvalue weighted by Gasteiger charge is 2.23. The van der Waals surface area contributed by atoms with Crippen LogP contribution in [0.2, 0.25) is 5.02 Å². The minimum absolute atomic E-state index is 0.330. The number of H-pyrrole nitrogens is 1. The van der Waals surface area contributed by atoms with Crippen molar-refractivity contribution in [2.75, 3.05) is 19.6 Å². The Morgan fingerprint density at radius 2 is 2.06 bits per heavy atom. The number of nitrogens with zero attached hydrogens (tertiary/aromatic N) is 2. The molecule has 32 heavy (non-hydrogen) atoms. The molecule has 0 spiro atoms. The van der Waals surface area contributed by atoms with Gasteiger partial charge in [0.1, 0.15) is 0 Å². The minimum atomic E-state index is 0.330. The van der Waals surface area contributed by atoms with Gasteiger partial charge in [-0.1, -0.05) is 43.0 Å². The van der Waals surface area contributed by atoms with E-state index < -0.39 is 0 Å². The highest BCUT2D eigenvalue weighted by molar-refractivity contribution is 6.31. The molecule has 5 nitrogen and oxygen atoms in total. The van der Waals surface area contributed by atoms with Crippen molar-refractivity contribution in [3.8, 4) is 0 Å². The molecule has 1 saturated heterocycles. The van der Waals surface area contributed by atoms with Crippen LogP contribution in [-0.2, 0) is 6.54 Å². The highest BCUT2D eigenvalue weighted by Crippen LogP contribution is 2.22. The third kappa shape index (κ3) is 4.26. The third-order valence-electron chi connectivity index (χ3n) is 6.30. The molecule has 3 aromatic rings. The molecular weight excluding hydrogens is 418 g/mol. The molecule has 1 fully saturated rings. The zero-order chi connectivity index (χ0) is 22.1. The lowest BCUT2D eigenvalue weighted by molar-refractivity contribution is 0.248. The summed E-state index contributed by atoms with van der Waals surface area (Å²) in [5.74, 6) is 0.841. The summed E-state index contributed by atoms with van der Waals surface area (Å²) in [5.41, 5.74) is 4.53. The van der Waals surface area contributed by atoms with Gasteiger partial charge in [0.2, 0.25) is 0 Å². The van der Waals surface area contributed by atoms with E-state index in [2.05, 4.69) is 62.9 Å². The molecule has 0 amide bonds. The SMILES string of the molecule is C=C(NCc1cc2cc(Cl)ccc2[nH]1)NC1CCCN(C(=C)C2=c3ccccc3=NC2)C1. The van der Waals surface area contributed by atoms with Crippen molar-refractivity contribution in [2.45, 2.75) is 25.4 Å². The predicted octanol–water partition coefficient (Wildman–Crippen LogP) is 3.43. The molecule has 5 rings (SSSR count). The molecule has 2 aromatic carbocycles. The van der Waals surface area contributed by atoms with Gasteiger partial charge in [-0.05, 0) is 43.2 Å². The number of fused-ring (bicyclic) bond motifs is 2. The van der Waals surface area contributed by atoms with E-state index in [0.717, 1.165) is 71.0 Å². The van der Waals surface area contributed by atoms with Crippen LogP contribution in [0.4, 0.5) is 0 Å². The average molecular weight is 446 g/mol. The summed E-state index contributed by atoms with van der Waals surface area (Å²) in [6, 6.07) is 16.7. The number of rotatable bonds is 7. The van der Waals surface area contributed by atoms with Crippen LogP contribution in [0, 0.1) is 0 Å². The summed E-state index contributed by atoms with van der Waals surface area (Å²) in [4.78, 5) is 10.5. The highest BCUT2D eigenvalue weighted by atomic mass is 35.5. The fourth-order valence-corrected chi connectivity index (χ4v) is 4.83. The minimum Gasteiger partial charge on any atom is -0.370 e. The molecule has 0 bridgehead atoms. The van der Waals surface area contributed by atoms with E-state index in [-0.39, 0.29) is 0 Å². The molecule has 3 heterocycles. The van der Waals surface area contributed by atoms with Crippen LogP contribution in [0.1, 0.15) is 18.5 Å². The maximum Gasteiger partial charge on any atom is 0.0918 e. The first kappa shape index (κ1) is 20.7. The first-order valence-electron chi connectivity index (χ1n) is 11.1. The Morgan fingerprint density at radius 3 is 2.97 bits per heavy atom. The molecule has 2 aliphatic heterocycles. The maximum atomic E-state index is 6.09. The van der Waals surface area contributed by atoms with E-state index in [1.807, 2.05) is 24.3 Å². The predicted molar refractivity (Wildman–Crippen MR) is 132 cm³/mol. The van der Waals surface area contributed by atoms with Gasteiger partial charge in [0.25, 0.3) is 0 Å². The molecule has 1 atom stereocenters. The van der Waals surface area contributed by atoms with Gasteiger partial charge in [0.05, 0.1) is 24.3 Å². The second-order valence-electron chi connectivity index (χ2n) is 8.55. The summed E-state index contributed by atoms with van der Waals surface area (Å²) >= 11 is 6.09. The number of benzene rings is 2. The average Bonchev–Trinajstić information content (AvgIpc) is 3.41. The van der Waals surface area contributed by atoms with Crippen LogP contribution >= 0.6 is 11.6 Å². The number of halogens is 1. The Labute approximate surface area is 193 Å². The summed E-state index contributed by atoms with van der Waals surface area (Å²) in [7, 11) is 0. The van der Waals surface area contributed by atoms with Crippen LogP contribution in [0.3, 0.4) is 0 Å².